The molecular formula is C6H3N4O4+. The van der Waals surface area contributed by atoms with Crippen molar-refractivity contribution in [2.45, 2.75) is 0 Å². The summed E-state index contributed by atoms with van der Waals surface area (Å²) >= 11 is 0. The molecule has 70 valence electrons. The van der Waals surface area contributed by atoms with Crippen LogP contribution in [0.3, 0.4) is 0 Å². The summed E-state index contributed by atoms with van der Waals surface area (Å²) in [6.07, 6.45) is 0. The number of para-hydroxylation sites is 1. The Kier molecular flexibility index (Phi) is 2.34. The molecule has 0 amide bonds. The maximum absolute atomic E-state index is 10.4. The second kappa shape index (κ2) is 3.44. The minimum atomic E-state index is -0.965. The summed E-state index contributed by atoms with van der Waals surface area (Å²) in [5.41, 5.74) is -1.96. The molecule has 0 heterocycles. The highest BCUT2D eigenvalue weighted by molar-refractivity contribution is 5.71. The van der Waals surface area contributed by atoms with E-state index in [1.807, 2.05) is 0 Å². The number of nitro groups is 2. The summed E-state index contributed by atoms with van der Waals surface area (Å²) in [7, 11) is 0. The minimum absolute atomic E-state index is 0.441. The van der Waals surface area contributed by atoms with E-state index in [0.29, 0.717) is 0 Å². The van der Waals surface area contributed by atoms with Crippen LogP contribution >= 0.6 is 0 Å². The van der Waals surface area contributed by atoms with Crippen LogP contribution in [0.2, 0.25) is 0 Å². The van der Waals surface area contributed by atoms with Gasteiger partial charge in [-0.2, -0.15) is 0 Å². The van der Waals surface area contributed by atoms with E-state index in [2.05, 4.69) is 4.98 Å². The van der Waals surface area contributed by atoms with Gasteiger partial charge in [-0.15, -0.1) is 0 Å². The fourth-order valence-electron chi connectivity index (χ4n) is 0.935. The van der Waals surface area contributed by atoms with Gasteiger partial charge in [0.05, 0.1) is 9.85 Å². The molecule has 14 heavy (non-hydrogen) atoms. The molecule has 0 aliphatic heterocycles. The molecule has 0 aliphatic rings. The molecule has 8 heteroatoms. The zero-order valence-corrected chi connectivity index (χ0v) is 6.65. The molecule has 0 fully saturated rings. The molecule has 0 radical (unpaired) electrons. The van der Waals surface area contributed by atoms with Crippen molar-refractivity contribution in [1.29, 1.82) is 5.39 Å². The number of nitro benzene ring substituents is 2. The van der Waals surface area contributed by atoms with E-state index in [9.17, 15) is 20.2 Å². The van der Waals surface area contributed by atoms with E-state index in [-0.39, 0.29) is 0 Å². The molecule has 1 aromatic rings. The van der Waals surface area contributed by atoms with Crippen LogP contribution in [-0.2, 0) is 0 Å². The van der Waals surface area contributed by atoms with Crippen molar-refractivity contribution in [1.82, 2.24) is 0 Å². The van der Waals surface area contributed by atoms with Crippen molar-refractivity contribution in [3.63, 3.8) is 0 Å². The highest BCUT2D eigenvalue weighted by Crippen LogP contribution is 2.35. The van der Waals surface area contributed by atoms with Gasteiger partial charge in [-0.3, -0.25) is 20.2 Å². The van der Waals surface area contributed by atoms with E-state index in [1.54, 1.807) is 0 Å². The van der Waals surface area contributed by atoms with Crippen LogP contribution in [0.25, 0.3) is 4.98 Å². The van der Waals surface area contributed by atoms with Gasteiger partial charge in [0.25, 0.3) is 0 Å². The molecule has 8 nitrogen and oxygen atoms in total. The quantitative estimate of drug-likeness (QED) is 0.406. The van der Waals surface area contributed by atoms with Crippen LogP contribution in [-0.4, -0.2) is 9.85 Å². The average Bonchev–Trinajstić information content (AvgIpc) is 2.16. The van der Waals surface area contributed by atoms with Gasteiger partial charge in [-0.05, 0) is 6.07 Å². The minimum Gasteiger partial charge on any atom is -0.258 e. The summed E-state index contributed by atoms with van der Waals surface area (Å²) < 4.78 is 0. The number of hydrogen-bond donors (Lipinski definition) is 0. The highest BCUT2D eigenvalue weighted by atomic mass is 16.6. The van der Waals surface area contributed by atoms with Crippen LogP contribution in [0.4, 0.5) is 17.1 Å². The Bertz CT molecular complexity index is 450. The molecule has 0 saturated heterocycles. The third kappa shape index (κ3) is 1.46. The maximum atomic E-state index is 10.4. The topological polar surface area (TPSA) is 114 Å². The Balaban J connectivity index is 3.53. The van der Waals surface area contributed by atoms with Crippen molar-refractivity contribution in [3.8, 4) is 0 Å². The van der Waals surface area contributed by atoms with Crippen molar-refractivity contribution >= 4 is 17.1 Å². The first kappa shape index (κ1) is 9.53. The summed E-state index contributed by atoms with van der Waals surface area (Å²) in [5.74, 6) is 0. The molecule has 0 unspecified atom stereocenters. The fourth-order valence-corrected chi connectivity index (χ4v) is 0.935. The molecular weight excluding hydrogens is 192 g/mol. The van der Waals surface area contributed by atoms with Crippen LogP contribution in [0.5, 0.6) is 0 Å². The Morgan fingerprint density at radius 1 is 1.21 bits per heavy atom. The Labute approximate surface area is 76.7 Å². The molecule has 0 aliphatic carbocycles. The number of benzene rings is 1. The molecule has 0 spiro atoms. The van der Waals surface area contributed by atoms with E-state index in [4.69, 9.17) is 5.39 Å². The lowest BCUT2D eigenvalue weighted by molar-refractivity contribution is -0.421. The summed E-state index contributed by atoms with van der Waals surface area (Å²) in [6, 6.07) is 3.26. The monoisotopic (exact) mass is 195 g/mol. The summed E-state index contributed by atoms with van der Waals surface area (Å²) in [4.78, 5) is 21.5. The number of nitrogens with zero attached hydrogens (tertiary/aromatic N) is 4. The maximum Gasteiger partial charge on any atom is 0.468 e. The van der Waals surface area contributed by atoms with Gasteiger partial charge < -0.3 is 0 Å². The largest absolute Gasteiger partial charge is 0.468 e. The predicted octanol–water partition coefficient (Wildman–Crippen LogP) is 1.99. The number of diazo groups is 1. The standard InChI is InChI=1S/C6H3N4O4/c7-8-4-2-1-3-5(9(11)12)6(4)10(13)14/h1-3H/q+1. The summed E-state index contributed by atoms with van der Waals surface area (Å²) in [5, 5.41) is 29.2. The van der Waals surface area contributed by atoms with Gasteiger partial charge >= 0.3 is 17.1 Å². The van der Waals surface area contributed by atoms with E-state index in [0.717, 1.165) is 12.1 Å². The Morgan fingerprint density at radius 3 is 2.29 bits per heavy atom. The third-order valence-electron chi connectivity index (χ3n) is 1.48. The molecule has 0 N–H and O–H groups in total. The zero-order valence-electron chi connectivity index (χ0n) is 6.65. The Hall–Kier alpha value is -2.56. The average molecular weight is 195 g/mol. The van der Waals surface area contributed by atoms with Gasteiger partial charge in [0.1, 0.15) is 0 Å². The van der Waals surface area contributed by atoms with Crippen molar-refractivity contribution in [3.05, 3.63) is 43.4 Å². The van der Waals surface area contributed by atoms with Crippen LogP contribution in [0.15, 0.2) is 18.2 Å². The molecule has 1 rings (SSSR count). The lowest BCUT2D eigenvalue weighted by Crippen LogP contribution is -1.95. The first-order chi connectivity index (χ1) is 6.57. The molecule has 0 bridgehead atoms. The van der Waals surface area contributed by atoms with E-state index >= 15 is 0 Å². The molecule has 1 aromatic carbocycles. The van der Waals surface area contributed by atoms with E-state index < -0.39 is 26.9 Å². The number of hydrogen-bond acceptors (Lipinski definition) is 5. The lowest BCUT2D eigenvalue weighted by Gasteiger charge is -1.90. The van der Waals surface area contributed by atoms with Crippen LogP contribution in [0.1, 0.15) is 0 Å². The second-order valence-electron chi connectivity index (χ2n) is 2.26. The third-order valence-corrected chi connectivity index (χ3v) is 1.48. The zero-order chi connectivity index (χ0) is 10.7. The van der Waals surface area contributed by atoms with Crippen molar-refractivity contribution in [2.75, 3.05) is 0 Å². The van der Waals surface area contributed by atoms with Gasteiger partial charge in [-0.25, -0.2) is 0 Å². The first-order valence-corrected chi connectivity index (χ1v) is 3.35. The second-order valence-corrected chi connectivity index (χ2v) is 2.26. The lowest BCUT2D eigenvalue weighted by atomic mass is 10.2. The number of rotatable bonds is 2. The molecule has 0 aromatic heterocycles. The van der Waals surface area contributed by atoms with Gasteiger partial charge in [0.2, 0.25) is 5.39 Å². The van der Waals surface area contributed by atoms with Crippen molar-refractivity contribution < 1.29 is 9.85 Å². The molecule has 0 atom stereocenters. The van der Waals surface area contributed by atoms with Gasteiger partial charge in [0, 0.05) is 12.1 Å². The van der Waals surface area contributed by atoms with Crippen LogP contribution < -0.4 is 0 Å². The summed E-state index contributed by atoms with van der Waals surface area (Å²) in [6.45, 7) is 0. The Morgan fingerprint density at radius 2 is 1.86 bits per heavy atom. The predicted molar refractivity (Wildman–Crippen MR) is 44.5 cm³/mol. The smallest absolute Gasteiger partial charge is 0.258 e. The van der Waals surface area contributed by atoms with Crippen LogP contribution in [0, 0.1) is 25.6 Å². The van der Waals surface area contributed by atoms with Gasteiger partial charge in [0.15, 0.2) is 4.98 Å². The first-order valence-electron chi connectivity index (χ1n) is 3.35. The highest BCUT2D eigenvalue weighted by Gasteiger charge is 2.35. The molecule has 0 saturated carbocycles. The SMILES string of the molecule is N#[N+]c1cccc([N+](=O)[O-])c1[N+](=O)[O-]. The van der Waals surface area contributed by atoms with Gasteiger partial charge in [-0.1, -0.05) is 0 Å². The van der Waals surface area contributed by atoms with Crippen molar-refractivity contribution in [2.24, 2.45) is 0 Å². The normalized spacial score (nSPS) is 9.07. The van der Waals surface area contributed by atoms with E-state index in [1.165, 1.54) is 6.07 Å². The fraction of sp³-hybridized carbons (Fsp3) is 0.